The molecule has 0 spiro atoms. The van der Waals surface area contributed by atoms with Gasteiger partial charge in [-0.25, -0.2) is 4.98 Å². The molecule has 0 saturated carbocycles. The van der Waals surface area contributed by atoms with Crippen molar-refractivity contribution in [2.24, 2.45) is 10.7 Å². The zero-order valence-electron chi connectivity index (χ0n) is 11.4. The van der Waals surface area contributed by atoms with Gasteiger partial charge < -0.3 is 19.9 Å². The van der Waals surface area contributed by atoms with Crippen LogP contribution >= 0.6 is 0 Å². The molecule has 0 amide bonds. The minimum atomic E-state index is 0.609. The molecule has 1 aromatic carbocycles. The summed E-state index contributed by atoms with van der Waals surface area (Å²) in [5, 5.41) is 0. The Bertz CT molecular complexity index is 600. The maximum atomic E-state index is 6.00. The standard InChI is InChI=1S/C14H19N5O/c15-14(18-7-9-20-10-8-18)16-5-6-19-11-17-12-3-1-2-4-13(12)19/h1-4,11H,5-10H2,(H2,15,16). The molecule has 106 valence electrons. The molecule has 6 nitrogen and oxygen atoms in total. The molecular weight excluding hydrogens is 254 g/mol. The van der Waals surface area contributed by atoms with E-state index < -0.39 is 0 Å². The Labute approximate surface area is 117 Å². The van der Waals surface area contributed by atoms with Crippen LogP contribution in [0.15, 0.2) is 35.6 Å². The third kappa shape index (κ3) is 2.75. The van der Waals surface area contributed by atoms with Gasteiger partial charge in [0, 0.05) is 19.6 Å². The van der Waals surface area contributed by atoms with E-state index in [1.807, 2.05) is 24.5 Å². The fraction of sp³-hybridized carbons (Fsp3) is 0.429. The van der Waals surface area contributed by atoms with E-state index in [0.717, 1.165) is 43.9 Å². The van der Waals surface area contributed by atoms with Crippen LogP contribution in [0.4, 0.5) is 0 Å². The van der Waals surface area contributed by atoms with Gasteiger partial charge in [0.15, 0.2) is 5.96 Å². The van der Waals surface area contributed by atoms with Crippen molar-refractivity contribution < 1.29 is 4.74 Å². The van der Waals surface area contributed by atoms with Gasteiger partial charge in [0.05, 0.1) is 37.1 Å². The van der Waals surface area contributed by atoms with Gasteiger partial charge in [-0.05, 0) is 12.1 Å². The Balaban J connectivity index is 1.61. The van der Waals surface area contributed by atoms with E-state index >= 15 is 0 Å². The van der Waals surface area contributed by atoms with Crippen molar-refractivity contribution in [3.05, 3.63) is 30.6 Å². The van der Waals surface area contributed by atoms with Crippen LogP contribution in [0.2, 0.25) is 0 Å². The van der Waals surface area contributed by atoms with E-state index in [1.165, 1.54) is 0 Å². The molecule has 2 aromatic rings. The van der Waals surface area contributed by atoms with Crippen LogP contribution in [-0.2, 0) is 11.3 Å². The first-order chi connectivity index (χ1) is 9.84. The van der Waals surface area contributed by atoms with Crippen LogP contribution in [-0.4, -0.2) is 53.3 Å². The fourth-order valence-electron chi connectivity index (χ4n) is 2.35. The van der Waals surface area contributed by atoms with E-state index in [-0.39, 0.29) is 0 Å². The van der Waals surface area contributed by atoms with Gasteiger partial charge in [-0.15, -0.1) is 0 Å². The number of imidazole rings is 1. The number of fused-ring (bicyclic) bond motifs is 1. The summed E-state index contributed by atoms with van der Waals surface area (Å²) in [6.45, 7) is 4.53. The van der Waals surface area contributed by atoms with Gasteiger partial charge in [-0.2, -0.15) is 0 Å². The first-order valence-electron chi connectivity index (χ1n) is 6.87. The Morgan fingerprint density at radius 3 is 2.95 bits per heavy atom. The summed E-state index contributed by atoms with van der Waals surface area (Å²) in [7, 11) is 0. The van der Waals surface area contributed by atoms with Crippen molar-refractivity contribution >= 4 is 17.0 Å². The second kappa shape index (κ2) is 5.92. The topological polar surface area (TPSA) is 68.7 Å². The van der Waals surface area contributed by atoms with E-state index in [2.05, 4.69) is 25.5 Å². The number of morpholine rings is 1. The lowest BCUT2D eigenvalue weighted by Crippen LogP contribution is -2.44. The summed E-state index contributed by atoms with van der Waals surface area (Å²) in [5.74, 6) is 0.609. The lowest BCUT2D eigenvalue weighted by Gasteiger charge is -2.27. The molecule has 0 aliphatic carbocycles. The van der Waals surface area contributed by atoms with Crippen LogP contribution < -0.4 is 5.73 Å². The lowest BCUT2D eigenvalue weighted by atomic mass is 10.3. The number of ether oxygens (including phenoxy) is 1. The molecule has 0 atom stereocenters. The minimum Gasteiger partial charge on any atom is -0.378 e. The summed E-state index contributed by atoms with van der Waals surface area (Å²) >= 11 is 0. The smallest absolute Gasteiger partial charge is 0.191 e. The first-order valence-corrected chi connectivity index (χ1v) is 6.87. The average Bonchev–Trinajstić information content (AvgIpc) is 2.92. The summed E-state index contributed by atoms with van der Waals surface area (Å²) in [4.78, 5) is 10.9. The molecule has 1 fully saturated rings. The Hall–Kier alpha value is -2.08. The second-order valence-corrected chi connectivity index (χ2v) is 4.77. The highest BCUT2D eigenvalue weighted by atomic mass is 16.5. The molecule has 0 radical (unpaired) electrons. The Kier molecular flexibility index (Phi) is 3.83. The zero-order valence-corrected chi connectivity index (χ0v) is 11.4. The van der Waals surface area contributed by atoms with Gasteiger partial charge in [0.1, 0.15) is 0 Å². The third-order valence-corrected chi connectivity index (χ3v) is 3.48. The van der Waals surface area contributed by atoms with Crippen LogP contribution in [0.3, 0.4) is 0 Å². The molecule has 1 aliphatic heterocycles. The van der Waals surface area contributed by atoms with Crippen molar-refractivity contribution in [1.29, 1.82) is 0 Å². The summed E-state index contributed by atoms with van der Waals surface area (Å²) in [6.07, 6.45) is 1.85. The molecule has 2 heterocycles. The fourth-order valence-corrected chi connectivity index (χ4v) is 2.35. The molecule has 1 aliphatic rings. The highest BCUT2D eigenvalue weighted by Crippen LogP contribution is 2.11. The lowest BCUT2D eigenvalue weighted by molar-refractivity contribution is 0.0674. The van der Waals surface area contributed by atoms with Crippen molar-refractivity contribution in [2.45, 2.75) is 6.54 Å². The molecule has 0 bridgehead atoms. The van der Waals surface area contributed by atoms with E-state index in [1.54, 1.807) is 0 Å². The maximum Gasteiger partial charge on any atom is 0.191 e. The van der Waals surface area contributed by atoms with Crippen molar-refractivity contribution in [3.63, 3.8) is 0 Å². The number of guanidine groups is 1. The summed E-state index contributed by atoms with van der Waals surface area (Å²) in [6, 6.07) is 8.09. The van der Waals surface area contributed by atoms with Crippen LogP contribution in [0.25, 0.3) is 11.0 Å². The summed E-state index contributed by atoms with van der Waals surface area (Å²) < 4.78 is 7.40. The van der Waals surface area contributed by atoms with E-state index in [0.29, 0.717) is 12.5 Å². The number of aromatic nitrogens is 2. The number of nitrogens with zero attached hydrogens (tertiary/aromatic N) is 4. The minimum absolute atomic E-state index is 0.609. The highest BCUT2D eigenvalue weighted by Gasteiger charge is 2.11. The van der Waals surface area contributed by atoms with Gasteiger partial charge >= 0.3 is 0 Å². The molecule has 20 heavy (non-hydrogen) atoms. The third-order valence-electron chi connectivity index (χ3n) is 3.48. The Morgan fingerprint density at radius 2 is 2.10 bits per heavy atom. The molecule has 1 aromatic heterocycles. The molecule has 2 N–H and O–H groups in total. The normalized spacial score (nSPS) is 16.8. The van der Waals surface area contributed by atoms with Gasteiger partial charge in [-0.3, -0.25) is 4.99 Å². The number of nitrogens with two attached hydrogens (primary N) is 1. The predicted molar refractivity (Wildman–Crippen MR) is 78.6 cm³/mol. The average molecular weight is 273 g/mol. The maximum absolute atomic E-state index is 6.00. The van der Waals surface area contributed by atoms with Crippen LogP contribution in [0.1, 0.15) is 0 Å². The first kappa shape index (κ1) is 12.9. The SMILES string of the molecule is NC(=NCCn1cnc2ccccc21)N1CCOCC1. The molecule has 0 unspecified atom stereocenters. The number of rotatable bonds is 3. The number of hydrogen-bond acceptors (Lipinski definition) is 3. The van der Waals surface area contributed by atoms with Crippen LogP contribution in [0.5, 0.6) is 0 Å². The second-order valence-electron chi connectivity index (χ2n) is 4.77. The molecule has 1 saturated heterocycles. The van der Waals surface area contributed by atoms with E-state index in [4.69, 9.17) is 10.5 Å². The predicted octanol–water partition coefficient (Wildman–Crippen LogP) is 0.683. The van der Waals surface area contributed by atoms with Crippen molar-refractivity contribution in [2.75, 3.05) is 32.8 Å². The monoisotopic (exact) mass is 273 g/mol. The van der Waals surface area contributed by atoms with Gasteiger partial charge in [0.2, 0.25) is 0 Å². The zero-order chi connectivity index (χ0) is 13.8. The highest BCUT2D eigenvalue weighted by molar-refractivity contribution is 5.78. The number of para-hydroxylation sites is 2. The Morgan fingerprint density at radius 1 is 1.30 bits per heavy atom. The largest absolute Gasteiger partial charge is 0.378 e. The quantitative estimate of drug-likeness (QED) is 0.659. The van der Waals surface area contributed by atoms with Crippen molar-refractivity contribution in [1.82, 2.24) is 14.5 Å². The number of benzene rings is 1. The number of aliphatic imine (C=N–C) groups is 1. The molecule has 6 heteroatoms. The summed E-state index contributed by atoms with van der Waals surface area (Å²) in [5.41, 5.74) is 8.14. The van der Waals surface area contributed by atoms with Gasteiger partial charge in [-0.1, -0.05) is 12.1 Å². The molecular formula is C14H19N5O. The van der Waals surface area contributed by atoms with Crippen LogP contribution in [0, 0.1) is 0 Å². The van der Waals surface area contributed by atoms with Crippen molar-refractivity contribution in [3.8, 4) is 0 Å². The van der Waals surface area contributed by atoms with E-state index in [9.17, 15) is 0 Å². The molecule has 3 rings (SSSR count). The van der Waals surface area contributed by atoms with Gasteiger partial charge in [0.25, 0.3) is 0 Å². The number of hydrogen-bond donors (Lipinski definition) is 1.